The fourth-order valence-electron chi connectivity index (χ4n) is 2.42. The molecule has 2 aromatic carbocycles. The van der Waals surface area contributed by atoms with Gasteiger partial charge in [0.15, 0.2) is 5.82 Å². The standard InChI is InChI=1S/C16H12N6/c1-2-6-11(7-3-1)12-8-4-5-9-13(12)14-10-17-15(18-14)16-19-21-22-20-16/h1-10H,(H,17,18)(H,19,20,21,22). The first-order valence-corrected chi connectivity index (χ1v) is 6.85. The molecule has 2 N–H and O–H groups in total. The second-order valence-electron chi connectivity index (χ2n) is 4.79. The van der Waals surface area contributed by atoms with Crippen LogP contribution in [0.3, 0.4) is 0 Å². The Kier molecular flexibility index (Phi) is 2.97. The van der Waals surface area contributed by atoms with E-state index in [0.29, 0.717) is 11.6 Å². The molecule has 2 aromatic heterocycles. The van der Waals surface area contributed by atoms with Gasteiger partial charge in [-0.15, -0.1) is 10.2 Å². The van der Waals surface area contributed by atoms with Gasteiger partial charge in [-0.05, 0) is 16.3 Å². The van der Waals surface area contributed by atoms with Crippen molar-refractivity contribution in [1.82, 2.24) is 30.6 Å². The molecule has 0 unspecified atom stereocenters. The van der Waals surface area contributed by atoms with Crippen molar-refractivity contribution in [2.75, 3.05) is 0 Å². The SMILES string of the molecule is c1ccc(-c2ccccc2-c2cnc(-c3nn[nH]n3)[nH]2)cc1. The van der Waals surface area contributed by atoms with E-state index in [1.54, 1.807) is 6.20 Å². The van der Waals surface area contributed by atoms with E-state index in [1.165, 1.54) is 0 Å². The Morgan fingerprint density at radius 3 is 2.36 bits per heavy atom. The highest BCUT2D eigenvalue weighted by atomic mass is 15.5. The van der Waals surface area contributed by atoms with Crippen LogP contribution < -0.4 is 0 Å². The smallest absolute Gasteiger partial charge is 0.239 e. The first kappa shape index (κ1) is 12.5. The number of rotatable bonds is 3. The summed E-state index contributed by atoms with van der Waals surface area (Å²) in [6.45, 7) is 0. The second kappa shape index (κ2) is 5.25. The van der Waals surface area contributed by atoms with Crippen molar-refractivity contribution in [2.24, 2.45) is 0 Å². The average Bonchev–Trinajstić information content (AvgIpc) is 3.27. The van der Waals surface area contributed by atoms with Gasteiger partial charge in [-0.2, -0.15) is 5.21 Å². The molecule has 0 aliphatic heterocycles. The van der Waals surface area contributed by atoms with E-state index in [-0.39, 0.29) is 0 Å². The predicted octanol–water partition coefficient (Wildman–Crippen LogP) is 2.92. The topological polar surface area (TPSA) is 83.1 Å². The number of aromatic amines is 2. The van der Waals surface area contributed by atoms with Crippen LogP contribution in [0, 0.1) is 0 Å². The molecule has 4 rings (SSSR count). The zero-order valence-corrected chi connectivity index (χ0v) is 11.6. The highest BCUT2D eigenvalue weighted by Gasteiger charge is 2.12. The van der Waals surface area contributed by atoms with Gasteiger partial charge in [0.2, 0.25) is 5.82 Å². The van der Waals surface area contributed by atoms with Crippen molar-refractivity contribution in [2.45, 2.75) is 0 Å². The minimum absolute atomic E-state index is 0.448. The van der Waals surface area contributed by atoms with Crippen molar-refractivity contribution >= 4 is 0 Å². The van der Waals surface area contributed by atoms with Crippen molar-refractivity contribution in [3.8, 4) is 34.0 Å². The fraction of sp³-hybridized carbons (Fsp3) is 0. The molecule has 0 bridgehead atoms. The maximum atomic E-state index is 4.33. The highest BCUT2D eigenvalue weighted by molar-refractivity contribution is 5.82. The molecule has 0 saturated heterocycles. The maximum Gasteiger partial charge on any atom is 0.239 e. The quantitative estimate of drug-likeness (QED) is 0.607. The zero-order chi connectivity index (χ0) is 14.8. The van der Waals surface area contributed by atoms with E-state index < -0.39 is 0 Å². The van der Waals surface area contributed by atoms with E-state index >= 15 is 0 Å². The summed E-state index contributed by atoms with van der Waals surface area (Å²) in [5, 5.41) is 13.8. The largest absolute Gasteiger partial charge is 0.335 e. The van der Waals surface area contributed by atoms with Crippen LogP contribution in [0.1, 0.15) is 0 Å². The number of H-pyrrole nitrogens is 2. The Bertz CT molecular complexity index is 880. The minimum Gasteiger partial charge on any atom is -0.335 e. The van der Waals surface area contributed by atoms with Crippen molar-refractivity contribution in [3.63, 3.8) is 0 Å². The van der Waals surface area contributed by atoms with Gasteiger partial charge in [0.25, 0.3) is 0 Å². The van der Waals surface area contributed by atoms with Crippen LogP contribution in [0.2, 0.25) is 0 Å². The van der Waals surface area contributed by atoms with Gasteiger partial charge in [-0.25, -0.2) is 4.98 Å². The normalized spacial score (nSPS) is 10.7. The molecule has 0 saturated carbocycles. The first-order chi connectivity index (χ1) is 10.9. The molecule has 106 valence electrons. The van der Waals surface area contributed by atoms with E-state index in [1.807, 2.05) is 30.3 Å². The summed E-state index contributed by atoms with van der Waals surface area (Å²) < 4.78 is 0. The number of benzene rings is 2. The summed E-state index contributed by atoms with van der Waals surface area (Å²) in [6.07, 6.45) is 1.79. The van der Waals surface area contributed by atoms with Gasteiger partial charge >= 0.3 is 0 Å². The first-order valence-electron chi connectivity index (χ1n) is 6.85. The average molecular weight is 288 g/mol. The molecule has 4 aromatic rings. The molecule has 0 aliphatic carbocycles. The molecular formula is C16H12N6. The Morgan fingerprint density at radius 1 is 0.818 bits per heavy atom. The molecule has 0 atom stereocenters. The van der Waals surface area contributed by atoms with E-state index in [2.05, 4.69) is 54.9 Å². The number of tetrazole rings is 1. The Morgan fingerprint density at radius 2 is 1.59 bits per heavy atom. The number of nitrogens with zero attached hydrogens (tertiary/aromatic N) is 4. The summed E-state index contributed by atoms with van der Waals surface area (Å²) in [5.74, 6) is 1.04. The molecule has 0 radical (unpaired) electrons. The third-order valence-electron chi connectivity index (χ3n) is 3.43. The summed E-state index contributed by atoms with van der Waals surface area (Å²) in [7, 11) is 0. The minimum atomic E-state index is 0.448. The molecule has 0 fully saturated rings. The maximum absolute atomic E-state index is 4.33. The summed E-state index contributed by atoms with van der Waals surface area (Å²) in [6, 6.07) is 18.5. The van der Waals surface area contributed by atoms with Crippen LogP contribution in [0.25, 0.3) is 34.0 Å². The van der Waals surface area contributed by atoms with Gasteiger partial charge in [0.1, 0.15) is 0 Å². The van der Waals surface area contributed by atoms with Crippen molar-refractivity contribution in [3.05, 3.63) is 60.8 Å². The fourth-order valence-corrected chi connectivity index (χ4v) is 2.42. The molecular weight excluding hydrogens is 276 g/mol. The van der Waals surface area contributed by atoms with Crippen LogP contribution in [0.15, 0.2) is 60.8 Å². The van der Waals surface area contributed by atoms with Gasteiger partial charge in [-0.1, -0.05) is 54.6 Å². The van der Waals surface area contributed by atoms with Crippen LogP contribution >= 0.6 is 0 Å². The lowest BCUT2D eigenvalue weighted by Gasteiger charge is -2.07. The highest BCUT2D eigenvalue weighted by Crippen LogP contribution is 2.31. The number of imidazole rings is 1. The number of hydrogen-bond donors (Lipinski definition) is 2. The third kappa shape index (κ3) is 2.16. The number of aromatic nitrogens is 6. The van der Waals surface area contributed by atoms with Gasteiger partial charge in [-0.3, -0.25) is 0 Å². The van der Waals surface area contributed by atoms with Crippen LogP contribution in [-0.2, 0) is 0 Å². The van der Waals surface area contributed by atoms with Crippen molar-refractivity contribution < 1.29 is 0 Å². The monoisotopic (exact) mass is 288 g/mol. The van der Waals surface area contributed by atoms with Gasteiger partial charge in [0, 0.05) is 5.56 Å². The summed E-state index contributed by atoms with van der Waals surface area (Å²) >= 11 is 0. The van der Waals surface area contributed by atoms with E-state index in [9.17, 15) is 0 Å². The zero-order valence-electron chi connectivity index (χ0n) is 11.6. The van der Waals surface area contributed by atoms with Gasteiger partial charge < -0.3 is 4.98 Å². The Labute approximate surface area is 126 Å². The molecule has 6 nitrogen and oxygen atoms in total. The number of nitrogens with one attached hydrogen (secondary N) is 2. The lowest BCUT2D eigenvalue weighted by molar-refractivity contribution is 0.881. The molecule has 6 heteroatoms. The van der Waals surface area contributed by atoms with E-state index in [4.69, 9.17) is 0 Å². The molecule has 0 aliphatic rings. The lowest BCUT2D eigenvalue weighted by Crippen LogP contribution is -1.86. The Balaban J connectivity index is 1.81. The van der Waals surface area contributed by atoms with E-state index in [0.717, 1.165) is 22.4 Å². The summed E-state index contributed by atoms with van der Waals surface area (Å²) in [4.78, 5) is 7.58. The van der Waals surface area contributed by atoms with Gasteiger partial charge in [0.05, 0.1) is 11.9 Å². The van der Waals surface area contributed by atoms with Crippen LogP contribution in [0.5, 0.6) is 0 Å². The predicted molar refractivity (Wildman–Crippen MR) is 82.6 cm³/mol. The Hall–Kier alpha value is -3.28. The lowest BCUT2D eigenvalue weighted by atomic mass is 9.98. The summed E-state index contributed by atoms with van der Waals surface area (Å²) in [5.41, 5.74) is 4.30. The molecule has 0 amide bonds. The van der Waals surface area contributed by atoms with Crippen molar-refractivity contribution in [1.29, 1.82) is 0 Å². The second-order valence-corrected chi connectivity index (χ2v) is 4.79. The third-order valence-corrected chi connectivity index (χ3v) is 3.43. The molecule has 22 heavy (non-hydrogen) atoms. The molecule has 0 spiro atoms. The van der Waals surface area contributed by atoms with Crippen LogP contribution in [-0.4, -0.2) is 30.6 Å². The van der Waals surface area contributed by atoms with Crippen LogP contribution in [0.4, 0.5) is 0 Å². The number of hydrogen-bond acceptors (Lipinski definition) is 4. The molecule has 2 heterocycles.